The van der Waals surface area contributed by atoms with Crippen LogP contribution in [0.25, 0.3) is 0 Å². The summed E-state index contributed by atoms with van der Waals surface area (Å²) in [5, 5.41) is 12.6. The zero-order valence-electron chi connectivity index (χ0n) is 10.4. The van der Waals surface area contributed by atoms with Crippen molar-refractivity contribution in [3.8, 4) is 0 Å². The molecule has 3 heteroatoms. The van der Waals surface area contributed by atoms with Gasteiger partial charge in [-0.05, 0) is 24.0 Å². The highest BCUT2D eigenvalue weighted by molar-refractivity contribution is 5.81. The van der Waals surface area contributed by atoms with Gasteiger partial charge in [-0.3, -0.25) is 0 Å². The van der Waals surface area contributed by atoms with Crippen molar-refractivity contribution in [2.24, 2.45) is 5.92 Å². The van der Waals surface area contributed by atoms with E-state index in [4.69, 9.17) is 0 Å². The molecule has 0 fully saturated rings. The molecule has 2 aliphatic rings. The van der Waals surface area contributed by atoms with Gasteiger partial charge in [-0.15, -0.1) is 0 Å². The van der Waals surface area contributed by atoms with Crippen LogP contribution in [-0.4, -0.2) is 17.1 Å². The van der Waals surface area contributed by atoms with Gasteiger partial charge in [-0.2, -0.15) is 0 Å². The van der Waals surface area contributed by atoms with Gasteiger partial charge in [-0.25, -0.2) is 4.79 Å². The van der Waals surface area contributed by atoms with Gasteiger partial charge >= 0.3 is 5.97 Å². The molecule has 1 aromatic rings. The third-order valence-corrected chi connectivity index (χ3v) is 4.13. The Kier molecular flexibility index (Phi) is 2.62. The Morgan fingerprint density at radius 1 is 1.50 bits per heavy atom. The number of allylic oxidation sites excluding steroid dienone is 2. The lowest BCUT2D eigenvalue weighted by Gasteiger charge is -2.35. The van der Waals surface area contributed by atoms with E-state index in [-0.39, 0.29) is 11.8 Å². The maximum Gasteiger partial charge on any atom is 0.326 e. The molecule has 2 N–H and O–H groups in total. The first-order valence-electron chi connectivity index (χ1n) is 6.50. The van der Waals surface area contributed by atoms with Gasteiger partial charge < -0.3 is 10.4 Å². The number of carbonyl (C=O) groups is 1. The second-order valence-electron chi connectivity index (χ2n) is 5.05. The lowest BCUT2D eigenvalue weighted by atomic mass is 9.78. The molecule has 1 aliphatic heterocycles. The predicted molar refractivity (Wildman–Crippen MR) is 70.9 cm³/mol. The predicted octanol–water partition coefficient (Wildman–Crippen LogP) is 2.79. The molecule has 0 amide bonds. The van der Waals surface area contributed by atoms with Crippen molar-refractivity contribution in [3.05, 3.63) is 41.5 Å². The Bertz CT molecular complexity index is 521. The van der Waals surface area contributed by atoms with Crippen molar-refractivity contribution in [2.45, 2.75) is 31.7 Å². The van der Waals surface area contributed by atoms with Crippen molar-refractivity contribution in [1.29, 1.82) is 0 Å². The standard InChI is InChI=1S/C15H17NO2/c1-2-9-5-3-7-11-10-6-4-8-12(10)14(15(17)18)16-13(9)11/h3-7,10,12,14,16H,2,8H2,1H3,(H,17,18)/t10-,12-,14-/m0/s1. The highest BCUT2D eigenvalue weighted by atomic mass is 16.4. The van der Waals surface area contributed by atoms with Gasteiger partial charge in [-0.1, -0.05) is 37.3 Å². The number of para-hydroxylation sites is 1. The number of carboxylic acids is 1. The van der Waals surface area contributed by atoms with Crippen molar-refractivity contribution >= 4 is 11.7 Å². The zero-order valence-corrected chi connectivity index (χ0v) is 10.4. The number of anilines is 1. The van der Waals surface area contributed by atoms with Crippen LogP contribution < -0.4 is 5.32 Å². The number of rotatable bonds is 2. The normalized spacial score (nSPS) is 28.4. The van der Waals surface area contributed by atoms with Crippen molar-refractivity contribution in [2.75, 3.05) is 5.32 Å². The minimum atomic E-state index is -0.745. The van der Waals surface area contributed by atoms with Crippen molar-refractivity contribution in [3.63, 3.8) is 0 Å². The topological polar surface area (TPSA) is 49.3 Å². The van der Waals surface area contributed by atoms with Crippen LogP contribution in [-0.2, 0) is 11.2 Å². The highest BCUT2D eigenvalue weighted by Crippen LogP contribution is 2.45. The average Bonchev–Trinajstić information content (AvgIpc) is 2.86. The van der Waals surface area contributed by atoms with Gasteiger partial charge in [0.1, 0.15) is 6.04 Å². The molecule has 1 aliphatic carbocycles. The Balaban J connectivity index is 2.11. The first-order chi connectivity index (χ1) is 8.72. The summed E-state index contributed by atoms with van der Waals surface area (Å²) in [6.45, 7) is 2.10. The molecule has 18 heavy (non-hydrogen) atoms. The molecular weight excluding hydrogens is 226 g/mol. The molecule has 0 saturated carbocycles. The van der Waals surface area contributed by atoms with E-state index in [1.807, 2.05) is 0 Å². The summed E-state index contributed by atoms with van der Waals surface area (Å²) < 4.78 is 0. The van der Waals surface area contributed by atoms with E-state index in [0.717, 1.165) is 18.5 Å². The molecule has 0 spiro atoms. The summed E-state index contributed by atoms with van der Waals surface area (Å²) >= 11 is 0. The fraction of sp³-hybridized carbons (Fsp3) is 0.400. The molecule has 3 rings (SSSR count). The van der Waals surface area contributed by atoms with Gasteiger partial charge in [0.25, 0.3) is 0 Å². The van der Waals surface area contributed by atoms with Crippen LogP contribution >= 0.6 is 0 Å². The van der Waals surface area contributed by atoms with Crippen LogP contribution in [0.4, 0.5) is 5.69 Å². The monoisotopic (exact) mass is 243 g/mol. The van der Waals surface area contributed by atoms with E-state index in [9.17, 15) is 9.90 Å². The van der Waals surface area contributed by atoms with Gasteiger partial charge in [0.2, 0.25) is 0 Å². The molecule has 0 unspecified atom stereocenters. The molecule has 0 bridgehead atoms. The van der Waals surface area contributed by atoms with E-state index in [2.05, 4.69) is 42.6 Å². The summed E-state index contributed by atoms with van der Waals surface area (Å²) in [7, 11) is 0. The zero-order chi connectivity index (χ0) is 12.7. The van der Waals surface area contributed by atoms with Crippen molar-refractivity contribution in [1.82, 2.24) is 0 Å². The SMILES string of the molecule is CCc1cccc2c1N[C@H](C(=O)O)[C@H]1CC=C[C@@H]21. The largest absolute Gasteiger partial charge is 0.480 e. The summed E-state index contributed by atoms with van der Waals surface area (Å²) in [6, 6.07) is 5.80. The minimum Gasteiger partial charge on any atom is -0.480 e. The second kappa shape index (κ2) is 4.16. The lowest BCUT2D eigenvalue weighted by Crippen LogP contribution is -2.42. The van der Waals surface area contributed by atoms with Crippen LogP contribution in [0.3, 0.4) is 0 Å². The molecule has 0 radical (unpaired) electrons. The smallest absolute Gasteiger partial charge is 0.326 e. The fourth-order valence-electron chi connectivity index (χ4n) is 3.23. The molecule has 1 aromatic carbocycles. The molecular formula is C15H17NO2. The maximum atomic E-state index is 11.4. The van der Waals surface area contributed by atoms with Crippen LogP contribution in [0.15, 0.2) is 30.4 Å². The van der Waals surface area contributed by atoms with Gasteiger partial charge in [0.15, 0.2) is 0 Å². The molecule has 3 atom stereocenters. The summed E-state index contributed by atoms with van der Waals surface area (Å²) in [6.07, 6.45) is 6.05. The third-order valence-electron chi connectivity index (χ3n) is 4.13. The molecule has 0 saturated heterocycles. The van der Waals surface area contributed by atoms with E-state index < -0.39 is 12.0 Å². The molecule has 0 aromatic heterocycles. The van der Waals surface area contributed by atoms with Crippen LogP contribution in [0, 0.1) is 5.92 Å². The Morgan fingerprint density at radius 3 is 3.06 bits per heavy atom. The van der Waals surface area contributed by atoms with E-state index in [0.29, 0.717) is 0 Å². The second-order valence-corrected chi connectivity index (χ2v) is 5.05. The van der Waals surface area contributed by atoms with Gasteiger partial charge in [0.05, 0.1) is 0 Å². The van der Waals surface area contributed by atoms with Crippen LogP contribution in [0.5, 0.6) is 0 Å². The highest BCUT2D eigenvalue weighted by Gasteiger charge is 2.41. The number of hydrogen-bond acceptors (Lipinski definition) is 2. The summed E-state index contributed by atoms with van der Waals surface area (Å²) in [5.74, 6) is -0.332. The molecule has 3 nitrogen and oxygen atoms in total. The Labute approximate surface area is 107 Å². The molecule has 94 valence electrons. The van der Waals surface area contributed by atoms with E-state index >= 15 is 0 Å². The lowest BCUT2D eigenvalue weighted by molar-refractivity contribution is -0.139. The summed E-state index contributed by atoms with van der Waals surface area (Å²) in [5.41, 5.74) is 3.50. The minimum absolute atomic E-state index is 0.155. The first-order valence-corrected chi connectivity index (χ1v) is 6.50. The number of nitrogens with one attached hydrogen (secondary N) is 1. The average molecular weight is 243 g/mol. The number of aliphatic carboxylic acids is 1. The van der Waals surface area contributed by atoms with E-state index in [1.165, 1.54) is 11.1 Å². The Morgan fingerprint density at radius 2 is 2.33 bits per heavy atom. The number of benzene rings is 1. The maximum absolute atomic E-state index is 11.4. The summed E-state index contributed by atoms with van der Waals surface area (Å²) in [4.78, 5) is 11.4. The first kappa shape index (κ1) is 11.3. The fourth-order valence-corrected chi connectivity index (χ4v) is 3.23. The van der Waals surface area contributed by atoms with E-state index in [1.54, 1.807) is 0 Å². The van der Waals surface area contributed by atoms with Crippen LogP contribution in [0.1, 0.15) is 30.4 Å². The number of fused-ring (bicyclic) bond motifs is 3. The van der Waals surface area contributed by atoms with Crippen LogP contribution in [0.2, 0.25) is 0 Å². The molecule has 1 heterocycles. The Hall–Kier alpha value is -1.77. The van der Waals surface area contributed by atoms with Crippen molar-refractivity contribution < 1.29 is 9.90 Å². The van der Waals surface area contributed by atoms with Gasteiger partial charge in [0, 0.05) is 17.5 Å². The number of hydrogen-bond donors (Lipinski definition) is 2. The number of carboxylic acid groups (broad SMARTS) is 1. The number of aryl methyl sites for hydroxylation is 1. The quantitative estimate of drug-likeness (QED) is 0.785. The third kappa shape index (κ3) is 1.54.